The van der Waals surface area contributed by atoms with Gasteiger partial charge in [-0.15, -0.1) is 0 Å². The summed E-state index contributed by atoms with van der Waals surface area (Å²) in [6.07, 6.45) is 0. The highest BCUT2D eigenvalue weighted by Crippen LogP contribution is 2.39. The summed E-state index contributed by atoms with van der Waals surface area (Å²) in [4.78, 5) is 25.2. The highest BCUT2D eigenvalue weighted by molar-refractivity contribution is 7.94. The van der Waals surface area contributed by atoms with Crippen LogP contribution in [0.25, 0.3) is 0 Å². The number of nitro groups is 1. The number of aryl methyl sites for hydroxylation is 1. The maximum Gasteiger partial charge on any atom is 0.343 e. The first kappa shape index (κ1) is 20.8. The lowest BCUT2D eigenvalue weighted by Gasteiger charge is -2.36. The van der Waals surface area contributed by atoms with Gasteiger partial charge in [-0.25, -0.2) is 13.2 Å². The van der Waals surface area contributed by atoms with Crippen molar-refractivity contribution < 1.29 is 18.1 Å². The molecule has 0 saturated heterocycles. The first-order valence-corrected chi connectivity index (χ1v) is 11.0. The molecule has 0 spiro atoms. The Morgan fingerprint density at radius 3 is 2.48 bits per heavy atom. The van der Waals surface area contributed by atoms with E-state index in [1.807, 2.05) is 0 Å². The molecule has 0 N–H and O–H groups in total. The Balaban J connectivity index is 1.85. The Labute approximate surface area is 183 Å². The van der Waals surface area contributed by atoms with Gasteiger partial charge in [0.1, 0.15) is 4.90 Å². The monoisotopic (exact) mass is 457 g/mol. The van der Waals surface area contributed by atoms with Gasteiger partial charge in [0.25, 0.3) is 15.7 Å². The summed E-state index contributed by atoms with van der Waals surface area (Å²) in [6, 6.07) is 15.8. The van der Waals surface area contributed by atoms with Crippen molar-refractivity contribution in [1.29, 1.82) is 0 Å². The summed E-state index contributed by atoms with van der Waals surface area (Å²) in [5.41, 5.74) is 1.41. The Bertz CT molecular complexity index is 1330. The van der Waals surface area contributed by atoms with Gasteiger partial charge < -0.3 is 0 Å². The number of rotatable bonds is 4. The lowest BCUT2D eigenvalue weighted by Crippen LogP contribution is -2.50. The predicted molar refractivity (Wildman–Crippen MR) is 117 cm³/mol. The molecule has 0 saturated carbocycles. The molecule has 158 valence electrons. The number of non-ortho nitro benzene ring substituents is 1. The lowest BCUT2D eigenvalue weighted by atomic mass is 10.1. The predicted octanol–water partition coefficient (Wildman–Crippen LogP) is 4.89. The van der Waals surface area contributed by atoms with Crippen LogP contribution < -0.4 is 9.21 Å². The smallest absolute Gasteiger partial charge is 0.287 e. The second-order valence-electron chi connectivity index (χ2n) is 6.97. The molecule has 8 nitrogen and oxygen atoms in total. The molecule has 0 aliphatic carbocycles. The van der Waals surface area contributed by atoms with E-state index < -0.39 is 21.0 Å². The van der Waals surface area contributed by atoms with Gasteiger partial charge in [-0.05, 0) is 42.3 Å². The molecule has 31 heavy (non-hydrogen) atoms. The summed E-state index contributed by atoms with van der Waals surface area (Å²) >= 11 is 6.18. The Morgan fingerprint density at radius 2 is 1.77 bits per heavy atom. The van der Waals surface area contributed by atoms with E-state index in [1.54, 1.807) is 31.2 Å². The fourth-order valence-corrected chi connectivity index (χ4v) is 5.13. The minimum atomic E-state index is -4.19. The van der Waals surface area contributed by atoms with Crippen LogP contribution in [0.2, 0.25) is 5.02 Å². The number of carbonyl (C=O) groups is 1. The number of benzene rings is 3. The molecule has 0 radical (unpaired) electrons. The summed E-state index contributed by atoms with van der Waals surface area (Å²) in [5.74, 6) is 0. The number of para-hydroxylation sites is 1. The van der Waals surface area contributed by atoms with Gasteiger partial charge in [-0.1, -0.05) is 41.9 Å². The van der Waals surface area contributed by atoms with Crippen molar-refractivity contribution in [2.45, 2.75) is 18.4 Å². The largest absolute Gasteiger partial charge is 0.343 e. The summed E-state index contributed by atoms with van der Waals surface area (Å²) < 4.78 is 27.3. The van der Waals surface area contributed by atoms with E-state index in [2.05, 4.69) is 0 Å². The maximum atomic E-state index is 13.4. The van der Waals surface area contributed by atoms with Gasteiger partial charge in [0.05, 0.1) is 22.8 Å². The fourth-order valence-electron chi connectivity index (χ4n) is 3.37. The summed E-state index contributed by atoms with van der Waals surface area (Å²) in [7, 11) is -4.19. The Hall–Kier alpha value is -3.43. The normalized spacial score (nSPS) is 15.0. The van der Waals surface area contributed by atoms with Crippen molar-refractivity contribution in [1.82, 2.24) is 0 Å². The minimum Gasteiger partial charge on any atom is -0.287 e. The maximum absolute atomic E-state index is 13.4. The number of nitrogens with zero attached hydrogens (tertiary/aromatic N) is 3. The van der Waals surface area contributed by atoms with Crippen molar-refractivity contribution in [2.75, 3.05) is 9.21 Å². The summed E-state index contributed by atoms with van der Waals surface area (Å²) in [6.45, 7) is 1.71. The molecular weight excluding hydrogens is 442 g/mol. The number of halogens is 1. The van der Waals surface area contributed by atoms with Crippen LogP contribution in [0.15, 0.2) is 71.6 Å². The third kappa shape index (κ3) is 3.62. The van der Waals surface area contributed by atoms with Gasteiger partial charge in [0.15, 0.2) is 0 Å². The number of fused-ring (bicyclic) bond motifs is 1. The average Bonchev–Trinajstić information content (AvgIpc) is 2.74. The number of nitro benzene ring substituents is 1. The van der Waals surface area contributed by atoms with Gasteiger partial charge in [0.2, 0.25) is 0 Å². The molecule has 4 rings (SSSR count). The molecule has 1 heterocycles. The average molecular weight is 458 g/mol. The fraction of sp³-hybridized carbons (Fsp3) is 0.0952. The van der Waals surface area contributed by atoms with Crippen molar-refractivity contribution in [2.24, 2.45) is 0 Å². The molecule has 0 bridgehead atoms. The van der Waals surface area contributed by atoms with E-state index in [4.69, 9.17) is 11.6 Å². The zero-order chi connectivity index (χ0) is 22.3. The van der Waals surface area contributed by atoms with E-state index in [9.17, 15) is 23.3 Å². The van der Waals surface area contributed by atoms with Crippen LogP contribution in [0.3, 0.4) is 0 Å². The summed E-state index contributed by atoms with van der Waals surface area (Å²) in [5, 5.41) is 11.4. The van der Waals surface area contributed by atoms with Crippen molar-refractivity contribution in [3.05, 3.63) is 93.0 Å². The van der Waals surface area contributed by atoms with Crippen LogP contribution in [-0.2, 0) is 16.6 Å². The number of hydrogen-bond donors (Lipinski definition) is 0. The molecule has 3 aromatic rings. The quantitative estimate of drug-likeness (QED) is 0.410. The van der Waals surface area contributed by atoms with E-state index in [-0.39, 0.29) is 28.5 Å². The van der Waals surface area contributed by atoms with Gasteiger partial charge in [0, 0.05) is 17.2 Å². The highest BCUT2D eigenvalue weighted by Gasteiger charge is 2.42. The molecule has 10 heteroatoms. The third-order valence-electron chi connectivity index (χ3n) is 4.93. The number of anilines is 2. The third-order valence-corrected chi connectivity index (χ3v) is 7.09. The molecule has 0 unspecified atom stereocenters. The van der Waals surface area contributed by atoms with Crippen LogP contribution in [0, 0.1) is 17.0 Å². The van der Waals surface area contributed by atoms with Crippen LogP contribution in [0.4, 0.5) is 21.9 Å². The lowest BCUT2D eigenvalue weighted by molar-refractivity contribution is -0.384. The molecule has 3 aromatic carbocycles. The zero-order valence-electron chi connectivity index (χ0n) is 16.2. The second kappa shape index (κ2) is 7.68. The number of hydrogen-bond acceptors (Lipinski definition) is 5. The molecule has 0 aromatic heterocycles. The van der Waals surface area contributed by atoms with E-state index >= 15 is 0 Å². The van der Waals surface area contributed by atoms with Crippen molar-refractivity contribution in [3.8, 4) is 0 Å². The Kier molecular flexibility index (Phi) is 5.16. The van der Waals surface area contributed by atoms with Crippen LogP contribution in [0.5, 0.6) is 0 Å². The number of urea groups is 1. The van der Waals surface area contributed by atoms with Gasteiger partial charge >= 0.3 is 6.03 Å². The van der Waals surface area contributed by atoms with E-state index in [0.717, 1.165) is 5.56 Å². The topological polar surface area (TPSA) is 101 Å². The van der Waals surface area contributed by atoms with E-state index in [1.165, 1.54) is 47.4 Å². The first-order chi connectivity index (χ1) is 14.7. The number of sulfonamides is 1. The van der Waals surface area contributed by atoms with Gasteiger partial charge in [-0.3, -0.25) is 15.0 Å². The minimum absolute atomic E-state index is 0.0447. The van der Waals surface area contributed by atoms with Crippen LogP contribution in [0.1, 0.15) is 11.1 Å². The molecule has 1 aliphatic rings. The molecule has 2 amide bonds. The number of amides is 2. The second-order valence-corrected chi connectivity index (χ2v) is 9.13. The van der Waals surface area contributed by atoms with Crippen molar-refractivity contribution in [3.63, 3.8) is 0 Å². The Morgan fingerprint density at radius 1 is 1.03 bits per heavy atom. The SMILES string of the molecule is Cc1ccc(N2C(=O)N(Cc3cccc([N+](=O)[O-])c3)c3ccccc3S2(=O)=O)cc1Cl. The zero-order valence-corrected chi connectivity index (χ0v) is 17.8. The molecule has 0 atom stereocenters. The highest BCUT2D eigenvalue weighted by atomic mass is 35.5. The van der Waals surface area contributed by atoms with Gasteiger partial charge in [-0.2, -0.15) is 4.31 Å². The van der Waals surface area contributed by atoms with E-state index in [0.29, 0.717) is 14.9 Å². The molecular formula is C21H16ClN3O5S. The van der Waals surface area contributed by atoms with Crippen molar-refractivity contribution >= 4 is 44.7 Å². The molecule has 1 aliphatic heterocycles. The van der Waals surface area contributed by atoms with Crippen LogP contribution in [-0.4, -0.2) is 19.4 Å². The molecule has 0 fully saturated rings. The first-order valence-electron chi connectivity index (χ1n) is 9.15. The standard InChI is InChI=1S/C21H16ClN3O5S/c1-14-9-10-16(12-18(14)22)24-21(26)23(13-15-5-4-6-17(11-15)25(27)28)19-7-2-3-8-20(19)31(24,29)30/h2-12H,13H2,1H3. The van der Waals surface area contributed by atoms with Crippen LogP contribution >= 0.6 is 11.6 Å². The number of carbonyl (C=O) groups excluding carboxylic acids is 1.